The summed E-state index contributed by atoms with van der Waals surface area (Å²) in [4.78, 5) is 68.3. The molecule has 2 aromatic carbocycles. The second-order valence-corrected chi connectivity index (χ2v) is 17.8. The molecule has 17 nitrogen and oxygen atoms in total. The number of oxazole rings is 1. The van der Waals surface area contributed by atoms with Gasteiger partial charge in [0.15, 0.2) is 12.2 Å². The second-order valence-electron chi connectivity index (χ2n) is 16.9. The lowest BCUT2D eigenvalue weighted by atomic mass is 10.0. The Kier molecular flexibility index (Phi) is 14.2. The molecular formula is C48H54N8O9S. The number of hydrogen-bond donors (Lipinski definition) is 3. The predicted octanol–water partition coefficient (Wildman–Crippen LogP) is 6.13. The van der Waals surface area contributed by atoms with Crippen LogP contribution >= 0.6 is 11.3 Å². The van der Waals surface area contributed by atoms with E-state index in [0.29, 0.717) is 41.5 Å². The molecular weight excluding hydrogens is 865 g/mol. The van der Waals surface area contributed by atoms with Crippen LogP contribution in [0.5, 0.6) is 0 Å². The fourth-order valence-corrected chi connectivity index (χ4v) is 9.55. The van der Waals surface area contributed by atoms with Crippen LogP contribution in [0.15, 0.2) is 86.0 Å². The zero-order valence-electron chi connectivity index (χ0n) is 37.6. The molecule has 2 saturated heterocycles. The van der Waals surface area contributed by atoms with E-state index in [1.54, 1.807) is 35.3 Å². The molecule has 0 saturated carbocycles. The lowest BCUT2D eigenvalue weighted by Crippen LogP contribution is -2.47. The summed E-state index contributed by atoms with van der Waals surface area (Å²) in [6.07, 6.45) is 1.14. The number of aliphatic hydroxyl groups excluding tert-OH is 1. The third-order valence-electron chi connectivity index (χ3n) is 12.4. The standard InChI is InChI=1S/C48H54N8O9S/c1-6-37(41-16-27(3)53-64-41)48(61)56-23-36(19-40(56)46(59)50-20-30-8-12-32(13-9-30)43-28(4)51-25-63-43)62-24-34-17-42(65-54-34)38(7-2)47(60)55-22-35(57)18-39(55)45(58)49-21-31-10-14-33(15-11-31)44-29(5)52-26-66-44/h8-17,25-26,35-40,57H,6-7,18-24H2,1-5H3,(H,49,58)(H,50,59)/t35-,36-,37-,38-,39+,40+/m1/s1. The maximum atomic E-state index is 14.2. The van der Waals surface area contributed by atoms with Crippen LogP contribution in [-0.4, -0.2) is 96.2 Å². The van der Waals surface area contributed by atoms with Crippen molar-refractivity contribution in [3.05, 3.63) is 118 Å². The first-order valence-corrected chi connectivity index (χ1v) is 23.1. The molecule has 0 aliphatic carbocycles. The van der Waals surface area contributed by atoms with Crippen LogP contribution in [0.1, 0.15) is 96.8 Å². The summed E-state index contributed by atoms with van der Waals surface area (Å²) in [6, 6.07) is 17.2. The van der Waals surface area contributed by atoms with Crippen molar-refractivity contribution in [1.82, 2.24) is 40.7 Å². The van der Waals surface area contributed by atoms with Crippen LogP contribution in [0.4, 0.5) is 0 Å². The molecule has 8 rings (SSSR count). The van der Waals surface area contributed by atoms with Crippen molar-refractivity contribution in [2.24, 2.45) is 0 Å². The number of amides is 4. The number of β-amino-alcohol motifs (C(OH)–C–C–N with tert-alkyl or cyclic N) is 1. The number of likely N-dealkylation sites (tertiary alicyclic amines) is 2. The Morgan fingerprint density at radius 1 is 0.773 bits per heavy atom. The van der Waals surface area contributed by atoms with Crippen molar-refractivity contribution in [3.8, 4) is 21.8 Å². The smallest absolute Gasteiger partial charge is 0.243 e. The summed E-state index contributed by atoms with van der Waals surface area (Å²) in [5, 5.41) is 24.8. The first-order chi connectivity index (χ1) is 31.9. The fourth-order valence-electron chi connectivity index (χ4n) is 8.74. The van der Waals surface area contributed by atoms with Crippen LogP contribution in [0.2, 0.25) is 0 Å². The number of nitrogens with one attached hydrogen (secondary N) is 2. The summed E-state index contributed by atoms with van der Waals surface area (Å²) in [7, 11) is 0. The normalized spacial score (nSPS) is 19.2. The van der Waals surface area contributed by atoms with E-state index in [0.717, 1.165) is 38.5 Å². The number of aryl methyl sites for hydroxylation is 3. The molecule has 2 aliphatic rings. The van der Waals surface area contributed by atoms with Gasteiger partial charge in [-0.3, -0.25) is 19.2 Å². The van der Waals surface area contributed by atoms with E-state index in [2.05, 4.69) is 30.9 Å². The third-order valence-corrected chi connectivity index (χ3v) is 13.3. The lowest BCUT2D eigenvalue weighted by molar-refractivity contribution is -0.140. The molecule has 18 heteroatoms. The highest BCUT2D eigenvalue weighted by Gasteiger charge is 2.44. The zero-order valence-corrected chi connectivity index (χ0v) is 38.4. The molecule has 0 bridgehead atoms. The number of thiazole rings is 1. The first kappa shape index (κ1) is 46.0. The molecule has 6 heterocycles. The van der Waals surface area contributed by atoms with Gasteiger partial charge in [-0.05, 0) is 50.3 Å². The number of carbonyl (C=O) groups is 4. The van der Waals surface area contributed by atoms with Crippen molar-refractivity contribution in [1.29, 1.82) is 0 Å². The number of aromatic nitrogens is 4. The van der Waals surface area contributed by atoms with E-state index >= 15 is 0 Å². The Balaban J connectivity index is 0.893. The molecule has 4 amide bonds. The van der Waals surface area contributed by atoms with Gasteiger partial charge in [0.2, 0.25) is 23.6 Å². The number of ether oxygens (including phenoxy) is 1. The summed E-state index contributed by atoms with van der Waals surface area (Å²) >= 11 is 1.57. The number of rotatable bonds is 17. The van der Waals surface area contributed by atoms with Crippen LogP contribution in [0.25, 0.3) is 21.8 Å². The minimum absolute atomic E-state index is 0.0106. The van der Waals surface area contributed by atoms with Crippen molar-refractivity contribution < 1.29 is 42.5 Å². The Hall–Kier alpha value is -6.50. The number of aliphatic hydroxyl groups is 1. The Morgan fingerprint density at radius 3 is 1.92 bits per heavy atom. The molecule has 346 valence electrons. The van der Waals surface area contributed by atoms with Gasteiger partial charge in [-0.1, -0.05) is 72.7 Å². The molecule has 0 radical (unpaired) electrons. The number of nitrogens with zero attached hydrogens (tertiary/aromatic N) is 6. The fraction of sp³-hybridized carbons (Fsp3) is 0.417. The molecule has 0 spiro atoms. The van der Waals surface area contributed by atoms with Crippen molar-refractivity contribution in [2.45, 2.75) is 116 Å². The maximum Gasteiger partial charge on any atom is 0.243 e. The highest BCUT2D eigenvalue weighted by molar-refractivity contribution is 7.13. The molecule has 2 aliphatic heterocycles. The van der Waals surface area contributed by atoms with Crippen molar-refractivity contribution in [2.75, 3.05) is 13.1 Å². The van der Waals surface area contributed by atoms with Gasteiger partial charge in [0, 0.05) is 56.7 Å². The van der Waals surface area contributed by atoms with Gasteiger partial charge in [-0.15, -0.1) is 11.3 Å². The SMILES string of the molecule is CC[C@@H](C(=O)N1C[C@H](OCc2cc([C@@H](CC)C(=O)N3C[C@H](O)C[C@H]3C(=O)NCc3ccc(-c4scnc4C)cc3)on2)C[C@H]1C(=O)NCc1ccc(-c2ocnc2C)cc1)c1cc(C)no1. The lowest BCUT2D eigenvalue weighted by Gasteiger charge is -2.26. The average Bonchev–Trinajstić information content (AvgIpc) is 4.20. The molecule has 6 aromatic rings. The number of hydrogen-bond acceptors (Lipinski definition) is 14. The van der Waals surface area contributed by atoms with E-state index in [9.17, 15) is 24.3 Å². The summed E-state index contributed by atoms with van der Waals surface area (Å²) < 4.78 is 23.0. The quantitative estimate of drug-likeness (QED) is 0.0939. The van der Waals surface area contributed by atoms with Gasteiger partial charge >= 0.3 is 0 Å². The highest BCUT2D eigenvalue weighted by atomic mass is 32.1. The van der Waals surface area contributed by atoms with Gasteiger partial charge in [0.25, 0.3) is 0 Å². The Morgan fingerprint density at radius 2 is 1.36 bits per heavy atom. The van der Waals surface area contributed by atoms with E-state index in [4.69, 9.17) is 18.2 Å². The van der Waals surface area contributed by atoms with Gasteiger partial charge in [-0.25, -0.2) is 9.97 Å². The second kappa shape index (κ2) is 20.3. The van der Waals surface area contributed by atoms with E-state index in [-0.39, 0.29) is 69.3 Å². The largest absolute Gasteiger partial charge is 0.443 e. The van der Waals surface area contributed by atoms with Gasteiger partial charge in [0.05, 0.1) is 58.1 Å². The molecule has 3 N–H and O–H groups in total. The third kappa shape index (κ3) is 10.1. The summed E-state index contributed by atoms with van der Waals surface area (Å²) in [5.41, 5.74) is 8.30. The van der Waals surface area contributed by atoms with Crippen LogP contribution in [-0.2, 0) is 43.6 Å². The van der Waals surface area contributed by atoms with E-state index in [1.165, 1.54) is 11.3 Å². The molecule has 2 fully saturated rings. The van der Waals surface area contributed by atoms with E-state index in [1.807, 2.05) is 81.7 Å². The van der Waals surface area contributed by atoms with Gasteiger partial charge in [-0.2, -0.15) is 0 Å². The topological polar surface area (TPSA) is 219 Å². The highest BCUT2D eigenvalue weighted by Crippen LogP contribution is 2.32. The zero-order chi connectivity index (χ0) is 46.5. The molecule has 6 atom stereocenters. The monoisotopic (exact) mass is 918 g/mol. The molecule has 0 unspecified atom stereocenters. The van der Waals surface area contributed by atoms with E-state index < -0.39 is 36.1 Å². The van der Waals surface area contributed by atoms with Crippen LogP contribution < -0.4 is 10.6 Å². The van der Waals surface area contributed by atoms with Crippen LogP contribution in [0, 0.1) is 20.8 Å². The van der Waals surface area contributed by atoms with Gasteiger partial charge < -0.3 is 43.7 Å². The Labute approximate surface area is 385 Å². The summed E-state index contributed by atoms with van der Waals surface area (Å²) in [5.74, 6) is -1.30. The first-order valence-electron chi connectivity index (χ1n) is 22.2. The van der Waals surface area contributed by atoms with Crippen molar-refractivity contribution >= 4 is 35.0 Å². The van der Waals surface area contributed by atoms with Crippen molar-refractivity contribution in [3.63, 3.8) is 0 Å². The summed E-state index contributed by atoms with van der Waals surface area (Å²) in [6.45, 7) is 9.99. The number of carbonyl (C=O) groups excluding carboxylic acids is 4. The van der Waals surface area contributed by atoms with Crippen LogP contribution in [0.3, 0.4) is 0 Å². The number of benzene rings is 2. The maximum absolute atomic E-state index is 14.2. The molecule has 66 heavy (non-hydrogen) atoms. The van der Waals surface area contributed by atoms with Gasteiger partial charge in [0.1, 0.15) is 29.3 Å². The predicted molar refractivity (Wildman–Crippen MR) is 241 cm³/mol. The minimum Gasteiger partial charge on any atom is -0.443 e. The minimum atomic E-state index is -0.861. The molecule has 4 aromatic heterocycles. The average molecular weight is 919 g/mol. The Bertz CT molecular complexity index is 2640.